The number of carbonyl (C=O) groups is 2. The van der Waals surface area contributed by atoms with Gasteiger partial charge in [0.1, 0.15) is 11.6 Å². The number of phenols is 2. The van der Waals surface area contributed by atoms with Gasteiger partial charge in [-0.25, -0.2) is 0 Å². The number of aromatic hydroxyl groups is 2. The SMILES string of the molecule is N#C/C(=C\C=C\c1ccc(O)c(O)c1)C(=O)NC(=O)C1CO1. The van der Waals surface area contributed by atoms with Gasteiger partial charge < -0.3 is 14.9 Å². The van der Waals surface area contributed by atoms with Crippen LogP contribution in [0.1, 0.15) is 5.56 Å². The maximum absolute atomic E-state index is 11.7. The fraction of sp³-hybridized carbons (Fsp3) is 0.133. The Hall–Kier alpha value is -3.11. The van der Waals surface area contributed by atoms with Crippen LogP contribution in [0.4, 0.5) is 0 Å². The highest BCUT2D eigenvalue weighted by molar-refractivity contribution is 6.08. The number of ether oxygens (including phenoxy) is 1. The Morgan fingerprint density at radius 1 is 1.36 bits per heavy atom. The first kappa shape index (κ1) is 15.3. The molecule has 2 amide bonds. The van der Waals surface area contributed by atoms with E-state index in [1.807, 2.05) is 0 Å². The maximum Gasteiger partial charge on any atom is 0.268 e. The summed E-state index contributed by atoms with van der Waals surface area (Å²) in [6.45, 7) is 0.273. The summed E-state index contributed by atoms with van der Waals surface area (Å²) in [6.07, 6.45) is 3.57. The largest absolute Gasteiger partial charge is 0.504 e. The van der Waals surface area contributed by atoms with Gasteiger partial charge in [0, 0.05) is 0 Å². The minimum atomic E-state index is -0.804. The molecule has 1 atom stereocenters. The normalized spacial score (nSPS) is 17.0. The molecule has 0 radical (unpaired) electrons. The van der Waals surface area contributed by atoms with Crippen molar-refractivity contribution in [2.45, 2.75) is 6.10 Å². The van der Waals surface area contributed by atoms with E-state index in [4.69, 9.17) is 10.00 Å². The summed E-state index contributed by atoms with van der Waals surface area (Å²) in [5.74, 6) is -1.90. The van der Waals surface area contributed by atoms with E-state index in [9.17, 15) is 19.8 Å². The molecule has 1 aliphatic heterocycles. The van der Waals surface area contributed by atoms with Crippen LogP contribution in [0.25, 0.3) is 6.08 Å². The van der Waals surface area contributed by atoms with Gasteiger partial charge >= 0.3 is 0 Å². The summed E-state index contributed by atoms with van der Waals surface area (Å²) < 4.78 is 4.72. The molecule has 1 heterocycles. The molecule has 0 aromatic heterocycles. The molecule has 1 aromatic rings. The molecule has 7 heteroatoms. The lowest BCUT2D eigenvalue weighted by Gasteiger charge is -1.99. The molecule has 2 rings (SSSR count). The number of epoxide rings is 1. The highest BCUT2D eigenvalue weighted by Gasteiger charge is 2.32. The molecule has 22 heavy (non-hydrogen) atoms. The zero-order chi connectivity index (χ0) is 16.1. The van der Waals surface area contributed by atoms with Crippen molar-refractivity contribution in [3.8, 4) is 17.6 Å². The van der Waals surface area contributed by atoms with Gasteiger partial charge in [0.05, 0.1) is 6.61 Å². The molecule has 1 saturated heterocycles. The first-order chi connectivity index (χ1) is 10.5. The fourth-order valence-corrected chi connectivity index (χ4v) is 1.52. The monoisotopic (exact) mass is 300 g/mol. The van der Waals surface area contributed by atoms with Gasteiger partial charge in [0.2, 0.25) is 0 Å². The van der Waals surface area contributed by atoms with Crippen molar-refractivity contribution in [1.82, 2.24) is 5.32 Å². The van der Waals surface area contributed by atoms with Gasteiger partial charge in [-0.3, -0.25) is 14.9 Å². The van der Waals surface area contributed by atoms with Gasteiger partial charge in [-0.15, -0.1) is 0 Å². The Morgan fingerprint density at radius 3 is 2.68 bits per heavy atom. The molecule has 0 saturated carbocycles. The molecule has 1 unspecified atom stereocenters. The van der Waals surface area contributed by atoms with Crippen molar-refractivity contribution in [3.63, 3.8) is 0 Å². The summed E-state index contributed by atoms with van der Waals surface area (Å²) in [5.41, 5.74) is 0.319. The number of phenolic OH excluding ortho intramolecular Hbond substituents is 2. The molecule has 1 aliphatic rings. The van der Waals surface area contributed by atoms with E-state index in [0.29, 0.717) is 5.56 Å². The van der Waals surface area contributed by atoms with Crippen molar-refractivity contribution in [2.24, 2.45) is 0 Å². The topological polar surface area (TPSA) is 123 Å². The standard InChI is InChI=1S/C15H12N2O5/c16-7-10(14(20)17-15(21)13-8-22-13)3-1-2-9-4-5-11(18)12(19)6-9/h1-6,13,18-19H,8H2,(H,17,20,21)/b2-1+,10-3+. The lowest BCUT2D eigenvalue weighted by atomic mass is 10.1. The van der Waals surface area contributed by atoms with E-state index < -0.39 is 17.9 Å². The van der Waals surface area contributed by atoms with Crippen molar-refractivity contribution in [2.75, 3.05) is 6.61 Å². The van der Waals surface area contributed by atoms with E-state index in [1.54, 1.807) is 12.1 Å². The summed E-state index contributed by atoms with van der Waals surface area (Å²) in [7, 11) is 0. The number of benzene rings is 1. The van der Waals surface area contributed by atoms with Crippen molar-refractivity contribution in [1.29, 1.82) is 5.26 Å². The Morgan fingerprint density at radius 2 is 2.09 bits per heavy atom. The number of allylic oxidation sites excluding steroid dienone is 2. The quantitative estimate of drug-likeness (QED) is 0.246. The number of imide groups is 1. The molecule has 0 aliphatic carbocycles. The number of hydrogen-bond donors (Lipinski definition) is 3. The second kappa shape index (κ2) is 6.56. The zero-order valence-corrected chi connectivity index (χ0v) is 11.3. The molecule has 112 valence electrons. The van der Waals surface area contributed by atoms with Crippen LogP contribution in [0, 0.1) is 11.3 Å². The summed E-state index contributed by atoms with van der Waals surface area (Å²) >= 11 is 0. The first-order valence-corrected chi connectivity index (χ1v) is 6.28. The third-order valence-corrected chi connectivity index (χ3v) is 2.78. The van der Waals surface area contributed by atoms with Crippen LogP contribution in [0.3, 0.4) is 0 Å². The van der Waals surface area contributed by atoms with E-state index >= 15 is 0 Å². The number of nitrogens with one attached hydrogen (secondary N) is 1. The van der Waals surface area contributed by atoms with Gasteiger partial charge in [0.15, 0.2) is 17.6 Å². The van der Waals surface area contributed by atoms with Gasteiger partial charge in [-0.05, 0) is 23.8 Å². The number of nitriles is 1. The van der Waals surface area contributed by atoms with E-state index in [1.165, 1.54) is 30.4 Å². The lowest BCUT2D eigenvalue weighted by Crippen LogP contribution is -2.34. The van der Waals surface area contributed by atoms with Crippen LogP contribution < -0.4 is 5.32 Å². The lowest BCUT2D eigenvalue weighted by molar-refractivity contribution is -0.129. The van der Waals surface area contributed by atoms with Crippen LogP contribution >= 0.6 is 0 Å². The van der Waals surface area contributed by atoms with Crippen LogP contribution in [0.5, 0.6) is 11.5 Å². The highest BCUT2D eigenvalue weighted by atomic mass is 16.6. The Kier molecular flexibility index (Phi) is 4.56. The van der Waals surface area contributed by atoms with E-state index in [-0.39, 0.29) is 23.7 Å². The Bertz CT molecular complexity index is 711. The average Bonchev–Trinajstić information content (AvgIpc) is 3.31. The Balaban J connectivity index is 2.03. The smallest absolute Gasteiger partial charge is 0.268 e. The second-order valence-corrected chi connectivity index (χ2v) is 4.44. The summed E-state index contributed by atoms with van der Waals surface area (Å²) in [5, 5.41) is 29.5. The van der Waals surface area contributed by atoms with Crippen LogP contribution in [-0.4, -0.2) is 34.7 Å². The fourth-order valence-electron chi connectivity index (χ4n) is 1.52. The third kappa shape index (κ3) is 3.94. The van der Waals surface area contributed by atoms with Gasteiger partial charge in [-0.2, -0.15) is 5.26 Å². The number of hydrogen-bond acceptors (Lipinski definition) is 6. The predicted molar refractivity (Wildman–Crippen MR) is 75.4 cm³/mol. The Labute approximate surface area is 125 Å². The minimum absolute atomic E-state index is 0.242. The van der Waals surface area contributed by atoms with Crippen molar-refractivity contribution >= 4 is 17.9 Å². The van der Waals surface area contributed by atoms with Crippen molar-refractivity contribution in [3.05, 3.63) is 41.5 Å². The number of rotatable bonds is 4. The molecule has 3 N–H and O–H groups in total. The molecule has 7 nitrogen and oxygen atoms in total. The molecule has 1 aromatic carbocycles. The van der Waals surface area contributed by atoms with E-state index in [2.05, 4.69) is 5.32 Å². The van der Waals surface area contributed by atoms with Crippen molar-refractivity contribution < 1.29 is 24.5 Å². The number of nitrogens with zero attached hydrogens (tertiary/aromatic N) is 1. The highest BCUT2D eigenvalue weighted by Crippen LogP contribution is 2.25. The van der Waals surface area contributed by atoms with Gasteiger partial charge in [0.25, 0.3) is 11.8 Å². The van der Waals surface area contributed by atoms with E-state index in [0.717, 1.165) is 0 Å². The minimum Gasteiger partial charge on any atom is -0.504 e. The zero-order valence-electron chi connectivity index (χ0n) is 11.3. The molecular weight excluding hydrogens is 288 g/mol. The van der Waals surface area contributed by atoms with Gasteiger partial charge in [-0.1, -0.05) is 18.2 Å². The number of amides is 2. The van der Waals surface area contributed by atoms with Crippen LogP contribution in [-0.2, 0) is 14.3 Å². The second-order valence-electron chi connectivity index (χ2n) is 4.44. The van der Waals surface area contributed by atoms with Crippen LogP contribution in [0.15, 0.2) is 35.9 Å². The average molecular weight is 300 g/mol. The molecule has 0 bridgehead atoms. The van der Waals surface area contributed by atoms with Crippen LogP contribution in [0.2, 0.25) is 0 Å². The maximum atomic E-state index is 11.7. The first-order valence-electron chi connectivity index (χ1n) is 6.28. The molecule has 1 fully saturated rings. The molecular formula is C15H12N2O5. The molecule has 0 spiro atoms. The number of carbonyl (C=O) groups excluding carboxylic acids is 2. The summed E-state index contributed by atoms with van der Waals surface area (Å²) in [4.78, 5) is 23.0. The predicted octanol–water partition coefficient (Wildman–Crippen LogP) is 0.603. The summed E-state index contributed by atoms with van der Waals surface area (Å²) in [6, 6.07) is 5.86. The third-order valence-electron chi connectivity index (χ3n) is 2.78.